The third-order valence-electron chi connectivity index (χ3n) is 18.0. The Hall–Kier alpha value is -5.14. The number of aromatic nitrogens is 3. The van der Waals surface area contributed by atoms with Crippen molar-refractivity contribution >= 4 is 45.7 Å². The number of carbonyl (C=O) groups is 3. The van der Waals surface area contributed by atoms with Gasteiger partial charge in [0.05, 0.1) is 73.8 Å². The second-order valence-corrected chi connectivity index (χ2v) is 25.1. The zero-order valence-electron chi connectivity index (χ0n) is 46.7. The summed E-state index contributed by atoms with van der Waals surface area (Å²) in [5, 5.41) is 8.56. The van der Waals surface area contributed by atoms with Gasteiger partial charge < -0.3 is 43.0 Å². The highest BCUT2D eigenvalue weighted by Gasteiger charge is 2.56. The number of rotatable bonds is 10. The number of carbonyl (C=O) groups excluding carboxylic acids is 3. The molecule has 1 aliphatic carbocycles. The molecule has 8 aliphatic heterocycles. The first-order chi connectivity index (χ1) is 38.2. The van der Waals surface area contributed by atoms with Gasteiger partial charge in [-0.25, -0.2) is 15.0 Å². The Morgan fingerprint density at radius 3 is 2.52 bits per heavy atom. The van der Waals surface area contributed by atoms with Crippen LogP contribution in [0, 0.1) is 34.5 Å². The monoisotopic (exact) mass is 1100 g/mol. The maximum atomic E-state index is 15.5. The van der Waals surface area contributed by atoms with E-state index in [2.05, 4.69) is 87.0 Å². The summed E-state index contributed by atoms with van der Waals surface area (Å²) < 4.78 is 46.8. The summed E-state index contributed by atoms with van der Waals surface area (Å²) in [7, 11) is 1.71. The first-order valence-corrected chi connectivity index (χ1v) is 29.7. The molecule has 2 N–H and O–H groups in total. The lowest BCUT2D eigenvalue weighted by atomic mass is 9.72. The fourth-order valence-corrected chi connectivity index (χ4v) is 14.0. The van der Waals surface area contributed by atoms with Gasteiger partial charge in [-0.3, -0.25) is 29.3 Å². The molecule has 8 fully saturated rings. The Morgan fingerprint density at radius 1 is 1.03 bits per heavy atom. The lowest BCUT2D eigenvalue weighted by Gasteiger charge is -2.53. The van der Waals surface area contributed by atoms with Crippen LogP contribution in [0.5, 0.6) is 0 Å². The first-order valence-electron chi connectivity index (χ1n) is 28.8. The van der Waals surface area contributed by atoms with Gasteiger partial charge in [0.15, 0.2) is 24.1 Å². The standard InChI is InChI=1S/C60H76N8O10S/c1-36-31-77-54(36)55(69)63-51-53(66-33-60(34-66)13-20-74-21-14-60)56-62-47(32-79-56)40-9-10-48-44(28-40)46(29-59(4,5)35-78-58(71)50-41-26-42(27-41)68(64-50)57(51)70)52(67(48)17-24-76-43-11-18-73-19-12-43)45-25-39(30-61-49(45)38(3)72-6)8-7-37(2)65-15-22-75-23-16-65/h9-10,25,28,30,32,36-38,41-43,50-51,54,64H,11-24,26-27,29,31,33-35H2,1-6H3/p+1/t36-,37+,38-,41?,42?,50-,51-,54-/m0/s1. The Labute approximate surface area is 467 Å². The van der Waals surface area contributed by atoms with Crippen molar-refractivity contribution in [1.29, 1.82) is 0 Å². The summed E-state index contributed by atoms with van der Waals surface area (Å²) in [6.45, 7) is 19.2. The molecule has 3 aromatic heterocycles. The summed E-state index contributed by atoms with van der Waals surface area (Å²) in [6, 6.07) is 6.72. The van der Waals surface area contributed by atoms with E-state index in [9.17, 15) is 9.59 Å². The van der Waals surface area contributed by atoms with Crippen molar-refractivity contribution in [2.45, 2.75) is 129 Å². The molecule has 18 nitrogen and oxygen atoms in total. The molecule has 1 aromatic carbocycles. The molecule has 79 heavy (non-hydrogen) atoms. The van der Waals surface area contributed by atoms with Crippen LogP contribution in [0.2, 0.25) is 0 Å². The second kappa shape index (κ2) is 22.7. The lowest BCUT2D eigenvalue weighted by Crippen LogP contribution is -2.73. The fourth-order valence-electron chi connectivity index (χ4n) is 13.1. The van der Waals surface area contributed by atoms with Gasteiger partial charge >= 0.3 is 5.97 Å². The number of benzene rings is 1. The Morgan fingerprint density at radius 2 is 1.78 bits per heavy atom. The van der Waals surface area contributed by atoms with Gasteiger partial charge in [-0.1, -0.05) is 38.7 Å². The molecule has 7 saturated heterocycles. The number of hydrogen-bond acceptors (Lipinski definition) is 15. The zero-order valence-corrected chi connectivity index (χ0v) is 47.5. The number of nitrogens with one attached hydrogen (secondary N) is 2. The van der Waals surface area contributed by atoms with Crippen molar-refractivity contribution in [3.63, 3.8) is 0 Å². The second-order valence-electron chi connectivity index (χ2n) is 24.2. The van der Waals surface area contributed by atoms with Crippen molar-refractivity contribution in [1.82, 2.24) is 35.2 Å². The number of hydrogen-bond donors (Lipinski definition) is 2. The molecule has 1 spiro atoms. The van der Waals surface area contributed by atoms with Crippen LogP contribution >= 0.6 is 11.3 Å². The number of fused-ring (bicyclic) bond motifs is 4. The summed E-state index contributed by atoms with van der Waals surface area (Å²) in [5.74, 6) is 5.95. The number of nitrogens with zero attached hydrogens (tertiary/aromatic N) is 6. The van der Waals surface area contributed by atoms with Crippen LogP contribution in [-0.4, -0.2) is 182 Å². The highest BCUT2D eigenvalue weighted by atomic mass is 32.1. The number of esters is 1. The van der Waals surface area contributed by atoms with E-state index < -0.39 is 29.6 Å². The van der Waals surface area contributed by atoms with Gasteiger partial charge in [-0.15, -0.1) is 11.3 Å². The SMILES string of the molecule is CO[C@@H](C)c1ncc(C#C[C@@H](C)N2CCOCC2)cc1-c1c2c3cc(ccc3n1CCOC1CCOCC1)-c1csc(n1)C(=[N+]1CC3(CCOCC3)C1)[C@H](NC(=O)[C@H]1OC[C@@H]1C)C(=O)N1N[C@H](C(=O)OCC(C)(C)C2)C2CC1C2. The number of morpholine rings is 1. The predicted octanol–water partition coefficient (Wildman–Crippen LogP) is 5.55. The lowest BCUT2D eigenvalue weighted by molar-refractivity contribution is -0.631. The Bertz CT molecular complexity index is 3040. The normalized spacial score (nSPS) is 27.9. The van der Waals surface area contributed by atoms with Gasteiger partial charge in [0.1, 0.15) is 12.1 Å². The molecule has 422 valence electrons. The van der Waals surface area contributed by atoms with Gasteiger partial charge in [0, 0.05) is 110 Å². The molecule has 0 unspecified atom stereocenters. The van der Waals surface area contributed by atoms with Crippen LogP contribution in [0.4, 0.5) is 0 Å². The minimum Gasteiger partial charge on any atom is -0.464 e. The summed E-state index contributed by atoms with van der Waals surface area (Å²) in [4.78, 5) is 57.4. The van der Waals surface area contributed by atoms with Crippen LogP contribution < -0.4 is 10.7 Å². The third-order valence-corrected chi connectivity index (χ3v) is 18.9. The quantitative estimate of drug-likeness (QED) is 0.115. The van der Waals surface area contributed by atoms with E-state index in [1.54, 1.807) is 12.1 Å². The van der Waals surface area contributed by atoms with Crippen LogP contribution in [-0.2, 0) is 60.5 Å². The zero-order chi connectivity index (χ0) is 54.6. The van der Waals surface area contributed by atoms with Gasteiger partial charge in [0.2, 0.25) is 5.71 Å². The molecule has 13 rings (SSSR count). The third kappa shape index (κ3) is 10.9. The minimum atomic E-state index is -1.12. The number of ether oxygens (including phenoxy) is 7. The maximum absolute atomic E-state index is 15.5. The smallest absolute Gasteiger partial charge is 0.325 e. The average Bonchev–Trinajstić information content (AvgIpc) is 4.25. The number of cyclic esters (lactones) is 1. The van der Waals surface area contributed by atoms with E-state index in [0.29, 0.717) is 102 Å². The molecule has 8 bridgehead atoms. The van der Waals surface area contributed by atoms with Crippen molar-refractivity contribution in [3.8, 4) is 34.4 Å². The van der Waals surface area contributed by atoms with E-state index in [0.717, 1.165) is 89.0 Å². The topological polar surface area (TPSA) is 180 Å². The van der Waals surface area contributed by atoms with Crippen molar-refractivity contribution in [3.05, 3.63) is 57.7 Å². The van der Waals surface area contributed by atoms with Crippen LogP contribution in [0.3, 0.4) is 0 Å². The van der Waals surface area contributed by atoms with E-state index in [-0.39, 0.29) is 60.0 Å². The predicted molar refractivity (Wildman–Crippen MR) is 296 cm³/mol. The van der Waals surface area contributed by atoms with Gasteiger partial charge in [-0.05, 0) is 88.5 Å². The molecule has 2 amide bonds. The van der Waals surface area contributed by atoms with E-state index in [1.165, 1.54) is 11.3 Å². The number of thiazole rings is 1. The molecular weight excluding hydrogens is 1020 g/mol. The van der Waals surface area contributed by atoms with Crippen LogP contribution in [0.25, 0.3) is 33.4 Å². The molecule has 0 radical (unpaired) electrons. The molecule has 19 heteroatoms. The summed E-state index contributed by atoms with van der Waals surface area (Å²) >= 11 is 1.48. The number of methoxy groups -OCH3 is 1. The van der Waals surface area contributed by atoms with Gasteiger partial charge in [-0.2, -0.15) is 0 Å². The summed E-state index contributed by atoms with van der Waals surface area (Å²) in [6.07, 6.45) is 6.22. The highest BCUT2D eigenvalue weighted by Crippen LogP contribution is 2.45. The largest absolute Gasteiger partial charge is 0.464 e. The van der Waals surface area contributed by atoms with Crippen LogP contribution in [0.15, 0.2) is 35.8 Å². The molecule has 6 atom stereocenters. The van der Waals surface area contributed by atoms with Crippen LogP contribution in [0.1, 0.15) is 101 Å². The molecular formula is C60H77N8O10S+. The first kappa shape index (κ1) is 54.4. The summed E-state index contributed by atoms with van der Waals surface area (Å²) in [5.41, 5.74) is 10.7. The molecule has 9 aliphatic rings. The average molecular weight is 1100 g/mol. The van der Waals surface area contributed by atoms with E-state index >= 15 is 4.79 Å². The van der Waals surface area contributed by atoms with Crippen molar-refractivity contribution in [2.75, 3.05) is 92.8 Å². The Balaban J connectivity index is 1.02. The fraction of sp³-hybridized carbons (Fsp3) is 0.633. The van der Waals surface area contributed by atoms with Gasteiger partial charge in [0.25, 0.3) is 11.8 Å². The number of hydrazine groups is 1. The molecule has 4 aromatic rings. The van der Waals surface area contributed by atoms with Crippen molar-refractivity contribution in [2.24, 2.45) is 22.7 Å². The maximum Gasteiger partial charge on any atom is 0.325 e. The number of pyridine rings is 1. The highest BCUT2D eigenvalue weighted by molar-refractivity contribution is 7.12. The number of amides is 2. The van der Waals surface area contributed by atoms with E-state index in [4.69, 9.17) is 43.1 Å². The molecule has 1 saturated carbocycles. The van der Waals surface area contributed by atoms with E-state index in [1.807, 2.05) is 20.0 Å². The van der Waals surface area contributed by atoms with Crippen molar-refractivity contribution < 1.29 is 52.1 Å². The Kier molecular flexibility index (Phi) is 15.6. The molecule has 11 heterocycles. The minimum absolute atomic E-state index is 0.00408.